The number of hydrazine groups is 1. The lowest BCUT2D eigenvalue weighted by molar-refractivity contribution is 0.538. The molecule has 0 radical (unpaired) electrons. The molecule has 4 N–H and O–H groups in total. The van der Waals surface area contributed by atoms with Crippen LogP contribution < -0.4 is 16.6 Å². The van der Waals surface area contributed by atoms with Gasteiger partial charge in [-0.1, -0.05) is 11.6 Å². The summed E-state index contributed by atoms with van der Waals surface area (Å²) in [6.07, 6.45) is 3.40. The molecule has 3 rings (SSSR count). The summed E-state index contributed by atoms with van der Waals surface area (Å²) in [6.45, 7) is -0.842. The van der Waals surface area contributed by atoms with Crippen LogP contribution in [0.4, 0.5) is 14.5 Å². The Morgan fingerprint density at radius 3 is 2.75 bits per heavy atom. The van der Waals surface area contributed by atoms with Gasteiger partial charge in [0.15, 0.2) is 0 Å². The molecular weight excluding hydrogens is 334 g/mol. The molecule has 4 nitrogen and oxygen atoms in total. The number of rotatable bonds is 5. The number of halogens is 3. The highest BCUT2D eigenvalue weighted by atomic mass is 35.5. The van der Waals surface area contributed by atoms with Crippen molar-refractivity contribution in [1.29, 1.82) is 0 Å². The molecule has 0 bridgehead atoms. The predicted molar refractivity (Wildman–Crippen MR) is 91.5 cm³/mol. The van der Waals surface area contributed by atoms with Crippen LogP contribution in [0.1, 0.15) is 24.5 Å². The lowest BCUT2D eigenvalue weighted by Gasteiger charge is -2.19. The summed E-state index contributed by atoms with van der Waals surface area (Å²) >= 11 is 6.13. The van der Waals surface area contributed by atoms with Crippen LogP contribution in [-0.4, -0.2) is 11.7 Å². The van der Waals surface area contributed by atoms with Gasteiger partial charge in [0.1, 0.15) is 17.6 Å². The van der Waals surface area contributed by atoms with Crippen molar-refractivity contribution in [1.82, 2.24) is 4.98 Å². The third-order valence-electron chi connectivity index (χ3n) is 3.82. The summed E-state index contributed by atoms with van der Waals surface area (Å²) in [5.41, 5.74) is 8.12. The number of allylic oxidation sites excluding steroid dienone is 1. The number of anilines is 1. The zero-order chi connectivity index (χ0) is 17.3. The standard InChI is InChI=1S/C17H17ClF2N4/c18-17-6-11(5-15(23-17)10-1-2-10)14-4-3-12(20)7-16(14)24(22)9-13(21)8-19/h3-7,9-10H,1-2,8,21-22H2/b13-9-. The Balaban J connectivity index is 2.08. The van der Waals surface area contributed by atoms with E-state index in [1.165, 1.54) is 18.3 Å². The maximum absolute atomic E-state index is 13.7. The molecule has 1 aromatic heterocycles. The minimum atomic E-state index is -0.842. The van der Waals surface area contributed by atoms with E-state index in [1.807, 2.05) is 6.07 Å². The topological polar surface area (TPSA) is 68.2 Å². The van der Waals surface area contributed by atoms with Crippen LogP contribution in [0.2, 0.25) is 5.15 Å². The molecule has 0 amide bonds. The van der Waals surface area contributed by atoms with Crippen molar-refractivity contribution in [2.75, 3.05) is 11.7 Å². The highest BCUT2D eigenvalue weighted by Gasteiger charge is 2.26. The number of pyridine rings is 1. The molecule has 0 unspecified atom stereocenters. The first-order valence-electron chi connectivity index (χ1n) is 7.51. The van der Waals surface area contributed by atoms with Crippen molar-refractivity contribution in [3.05, 3.63) is 58.9 Å². The molecule has 0 spiro atoms. The Bertz CT molecular complexity index is 790. The molecule has 24 heavy (non-hydrogen) atoms. The second kappa shape index (κ2) is 6.75. The first-order valence-corrected chi connectivity index (χ1v) is 7.89. The molecule has 0 aliphatic heterocycles. The zero-order valence-corrected chi connectivity index (χ0v) is 13.6. The Morgan fingerprint density at radius 2 is 2.08 bits per heavy atom. The fourth-order valence-corrected chi connectivity index (χ4v) is 2.72. The van der Waals surface area contributed by atoms with Crippen LogP contribution in [0.25, 0.3) is 11.1 Å². The van der Waals surface area contributed by atoms with Gasteiger partial charge in [-0.05, 0) is 48.7 Å². The molecule has 0 atom stereocenters. The molecule has 7 heteroatoms. The van der Waals surface area contributed by atoms with E-state index in [0.29, 0.717) is 22.3 Å². The van der Waals surface area contributed by atoms with Gasteiger partial charge >= 0.3 is 0 Å². The second-order valence-corrected chi connectivity index (χ2v) is 6.17. The van der Waals surface area contributed by atoms with Gasteiger partial charge in [0.05, 0.1) is 11.4 Å². The minimum absolute atomic E-state index is 0.0564. The highest BCUT2D eigenvalue weighted by molar-refractivity contribution is 6.29. The van der Waals surface area contributed by atoms with Crippen LogP contribution in [0.5, 0.6) is 0 Å². The Morgan fingerprint density at radius 1 is 1.33 bits per heavy atom. The Labute approximate surface area is 143 Å². The van der Waals surface area contributed by atoms with E-state index in [2.05, 4.69) is 4.98 Å². The van der Waals surface area contributed by atoms with Crippen LogP contribution in [0, 0.1) is 5.82 Å². The molecule has 1 fully saturated rings. The van der Waals surface area contributed by atoms with Crippen LogP contribution >= 0.6 is 11.6 Å². The number of aromatic nitrogens is 1. The summed E-state index contributed by atoms with van der Waals surface area (Å²) < 4.78 is 26.3. The van der Waals surface area contributed by atoms with Gasteiger partial charge in [-0.25, -0.2) is 19.6 Å². The van der Waals surface area contributed by atoms with Gasteiger partial charge in [0, 0.05) is 23.4 Å². The van der Waals surface area contributed by atoms with E-state index in [-0.39, 0.29) is 5.70 Å². The van der Waals surface area contributed by atoms with Gasteiger partial charge in [0.2, 0.25) is 0 Å². The van der Waals surface area contributed by atoms with E-state index in [0.717, 1.165) is 29.1 Å². The molecule has 1 heterocycles. The van der Waals surface area contributed by atoms with E-state index < -0.39 is 12.5 Å². The maximum Gasteiger partial charge on any atom is 0.130 e. The SMILES string of the molecule is N/C(=C\N(N)c1cc(F)ccc1-c1cc(Cl)nc(C2CC2)c1)CF. The van der Waals surface area contributed by atoms with E-state index >= 15 is 0 Å². The van der Waals surface area contributed by atoms with Gasteiger partial charge in [-0.2, -0.15) is 0 Å². The summed E-state index contributed by atoms with van der Waals surface area (Å²) in [6, 6.07) is 7.82. The number of alkyl halides is 1. The smallest absolute Gasteiger partial charge is 0.130 e. The fourth-order valence-electron chi connectivity index (χ4n) is 2.51. The van der Waals surface area contributed by atoms with E-state index in [9.17, 15) is 8.78 Å². The first-order chi connectivity index (χ1) is 11.5. The third kappa shape index (κ3) is 3.66. The predicted octanol–water partition coefficient (Wildman–Crippen LogP) is 3.87. The third-order valence-corrected chi connectivity index (χ3v) is 4.01. The summed E-state index contributed by atoms with van der Waals surface area (Å²) in [7, 11) is 0. The molecule has 126 valence electrons. The van der Waals surface area contributed by atoms with Gasteiger partial charge < -0.3 is 5.73 Å². The van der Waals surface area contributed by atoms with Crippen molar-refractivity contribution in [2.45, 2.75) is 18.8 Å². The van der Waals surface area contributed by atoms with Gasteiger partial charge in [-0.15, -0.1) is 0 Å². The van der Waals surface area contributed by atoms with E-state index in [4.69, 9.17) is 23.2 Å². The summed E-state index contributed by atoms with van der Waals surface area (Å²) in [5, 5.41) is 1.48. The maximum atomic E-state index is 13.7. The van der Waals surface area contributed by atoms with E-state index in [1.54, 1.807) is 12.1 Å². The molecule has 2 aromatic rings. The monoisotopic (exact) mass is 350 g/mol. The lowest BCUT2D eigenvalue weighted by atomic mass is 10.0. The first kappa shape index (κ1) is 16.7. The molecule has 0 saturated heterocycles. The fraction of sp³-hybridized carbons (Fsp3) is 0.235. The molecule has 1 aliphatic carbocycles. The van der Waals surface area contributed by atoms with Crippen LogP contribution in [0.15, 0.2) is 42.2 Å². The lowest BCUT2D eigenvalue weighted by Crippen LogP contribution is -2.27. The zero-order valence-electron chi connectivity index (χ0n) is 12.8. The largest absolute Gasteiger partial charge is 0.399 e. The van der Waals surface area contributed by atoms with Crippen LogP contribution in [0.3, 0.4) is 0 Å². The average molecular weight is 351 g/mol. The average Bonchev–Trinajstić information content (AvgIpc) is 3.38. The van der Waals surface area contributed by atoms with Crippen molar-refractivity contribution in [3.63, 3.8) is 0 Å². The van der Waals surface area contributed by atoms with Crippen molar-refractivity contribution in [2.24, 2.45) is 11.6 Å². The van der Waals surface area contributed by atoms with Crippen molar-refractivity contribution >= 4 is 17.3 Å². The summed E-state index contributed by atoms with van der Waals surface area (Å²) in [4.78, 5) is 4.34. The number of hydrogen-bond donors (Lipinski definition) is 2. The molecular formula is C17H17ClF2N4. The number of hydrogen-bond acceptors (Lipinski definition) is 4. The molecule has 1 saturated carbocycles. The number of nitrogens with two attached hydrogens (primary N) is 2. The Hall–Kier alpha value is -2.18. The summed E-state index contributed by atoms with van der Waals surface area (Å²) in [5.74, 6) is 5.88. The highest BCUT2D eigenvalue weighted by Crippen LogP contribution is 2.41. The normalized spacial score (nSPS) is 14.8. The molecule has 1 aliphatic rings. The van der Waals surface area contributed by atoms with Crippen molar-refractivity contribution in [3.8, 4) is 11.1 Å². The number of benzene rings is 1. The quantitative estimate of drug-likeness (QED) is 0.488. The number of nitrogens with zero attached hydrogens (tertiary/aromatic N) is 2. The molecule has 1 aromatic carbocycles. The van der Waals surface area contributed by atoms with Crippen LogP contribution in [-0.2, 0) is 0 Å². The van der Waals surface area contributed by atoms with Gasteiger partial charge in [-0.3, -0.25) is 5.01 Å². The van der Waals surface area contributed by atoms with Crippen molar-refractivity contribution < 1.29 is 8.78 Å². The Kier molecular flexibility index (Phi) is 4.69. The van der Waals surface area contributed by atoms with Gasteiger partial charge in [0.25, 0.3) is 0 Å². The minimum Gasteiger partial charge on any atom is -0.399 e. The second-order valence-electron chi connectivity index (χ2n) is 5.78.